The maximum atomic E-state index is 11.4. The number of hydrazine groups is 1. The molecule has 1 saturated heterocycles. The van der Waals surface area contributed by atoms with E-state index in [1.54, 1.807) is 23.1 Å². The van der Waals surface area contributed by atoms with Crippen LogP contribution in [0.5, 0.6) is 0 Å². The minimum Gasteiger partial charge on any atom is -0.328 e. The van der Waals surface area contributed by atoms with Crippen molar-refractivity contribution in [2.24, 2.45) is 5.84 Å². The molecule has 5 nitrogen and oxygen atoms in total. The lowest BCUT2D eigenvalue weighted by molar-refractivity contribution is 0.0953. The van der Waals surface area contributed by atoms with Crippen molar-refractivity contribution >= 4 is 22.9 Å². The number of nitrogens with zero attached hydrogens (tertiary/aromatic N) is 1. The third-order valence-electron chi connectivity index (χ3n) is 2.54. The molecule has 0 unspecified atom stereocenters. The van der Waals surface area contributed by atoms with E-state index in [2.05, 4.69) is 5.43 Å². The molecule has 0 spiro atoms. The minimum atomic E-state index is -0.325. The molecular weight excluding hydrogens is 238 g/mol. The molecule has 1 aliphatic heterocycles. The predicted molar refractivity (Wildman–Crippen MR) is 66.4 cm³/mol. The largest absolute Gasteiger partial charge is 0.328 e. The molecule has 90 valence electrons. The van der Waals surface area contributed by atoms with Crippen molar-refractivity contribution in [3.8, 4) is 0 Å². The maximum absolute atomic E-state index is 11.4. The predicted octanol–water partition coefficient (Wildman–Crippen LogP) is 0.959. The first kappa shape index (κ1) is 11.9. The molecule has 0 atom stereocenters. The number of carbonyl (C=O) groups excluding carboxylic acids is 2. The van der Waals surface area contributed by atoms with E-state index < -0.39 is 0 Å². The summed E-state index contributed by atoms with van der Waals surface area (Å²) in [5.41, 5.74) is 3.52. The second-order valence-electron chi connectivity index (χ2n) is 3.71. The Morgan fingerprint density at radius 1 is 1.53 bits per heavy atom. The Kier molecular flexibility index (Phi) is 3.65. The van der Waals surface area contributed by atoms with E-state index in [-0.39, 0.29) is 11.1 Å². The van der Waals surface area contributed by atoms with Crippen LogP contribution >= 0.6 is 11.8 Å². The average molecular weight is 251 g/mol. The van der Waals surface area contributed by atoms with E-state index in [9.17, 15) is 9.59 Å². The van der Waals surface area contributed by atoms with Crippen LogP contribution in [0.15, 0.2) is 24.3 Å². The summed E-state index contributed by atoms with van der Waals surface area (Å²) in [6, 6.07) is 7.11. The number of hydrogen-bond acceptors (Lipinski definition) is 4. The molecule has 0 aliphatic carbocycles. The number of nitrogen functional groups attached to an aromatic ring is 1. The first-order valence-electron chi connectivity index (χ1n) is 5.22. The zero-order valence-electron chi connectivity index (χ0n) is 9.18. The van der Waals surface area contributed by atoms with E-state index in [1.165, 1.54) is 11.8 Å². The van der Waals surface area contributed by atoms with Crippen molar-refractivity contribution in [1.82, 2.24) is 10.3 Å². The zero-order valence-corrected chi connectivity index (χ0v) is 10.00. The molecule has 1 aliphatic rings. The van der Waals surface area contributed by atoms with Gasteiger partial charge in [0.2, 0.25) is 0 Å². The molecule has 1 aromatic carbocycles. The number of amides is 2. The van der Waals surface area contributed by atoms with Gasteiger partial charge in [-0.15, -0.1) is 0 Å². The van der Waals surface area contributed by atoms with Gasteiger partial charge in [0.05, 0.1) is 0 Å². The van der Waals surface area contributed by atoms with Crippen molar-refractivity contribution in [3.05, 3.63) is 35.4 Å². The molecular formula is C11H13N3O2S. The molecule has 3 N–H and O–H groups in total. The van der Waals surface area contributed by atoms with Gasteiger partial charge < -0.3 is 4.90 Å². The van der Waals surface area contributed by atoms with Gasteiger partial charge in [-0.25, -0.2) is 5.84 Å². The van der Waals surface area contributed by atoms with Gasteiger partial charge in [0.15, 0.2) is 0 Å². The van der Waals surface area contributed by atoms with Crippen molar-refractivity contribution in [1.29, 1.82) is 0 Å². The number of thioether (sulfide) groups is 1. The highest BCUT2D eigenvalue weighted by atomic mass is 32.2. The number of benzene rings is 1. The van der Waals surface area contributed by atoms with Gasteiger partial charge in [0.25, 0.3) is 11.1 Å². The zero-order chi connectivity index (χ0) is 12.3. The average Bonchev–Trinajstić information content (AvgIpc) is 2.74. The molecule has 2 amide bonds. The van der Waals surface area contributed by atoms with Gasteiger partial charge >= 0.3 is 0 Å². The van der Waals surface area contributed by atoms with Crippen LogP contribution in [0.25, 0.3) is 0 Å². The van der Waals surface area contributed by atoms with Crippen LogP contribution < -0.4 is 11.3 Å². The monoisotopic (exact) mass is 251 g/mol. The number of nitrogens with two attached hydrogens (primary N) is 1. The lowest BCUT2D eigenvalue weighted by Gasteiger charge is -2.14. The van der Waals surface area contributed by atoms with E-state index in [4.69, 9.17) is 5.84 Å². The standard InChI is InChI=1S/C11H13N3O2S/c12-13-10(15)9-3-1-2-8(6-9)7-14-4-5-17-11(14)16/h1-3,6H,4-5,7,12H2,(H,13,15). The van der Waals surface area contributed by atoms with E-state index in [1.807, 2.05) is 6.07 Å². The van der Waals surface area contributed by atoms with Gasteiger partial charge in [-0.05, 0) is 17.7 Å². The van der Waals surface area contributed by atoms with Gasteiger partial charge in [0, 0.05) is 24.4 Å². The van der Waals surface area contributed by atoms with Crippen molar-refractivity contribution in [2.75, 3.05) is 12.3 Å². The third kappa shape index (κ3) is 2.78. The fraction of sp³-hybridized carbons (Fsp3) is 0.273. The fourth-order valence-electron chi connectivity index (χ4n) is 1.68. The molecule has 0 bridgehead atoms. The molecule has 17 heavy (non-hydrogen) atoms. The van der Waals surface area contributed by atoms with Gasteiger partial charge in [0.1, 0.15) is 0 Å². The Labute approximate surface area is 103 Å². The maximum Gasteiger partial charge on any atom is 0.282 e. The summed E-state index contributed by atoms with van der Waals surface area (Å²) in [7, 11) is 0. The first-order chi connectivity index (χ1) is 8.20. The van der Waals surface area contributed by atoms with Crippen LogP contribution in [0.3, 0.4) is 0 Å². The second kappa shape index (κ2) is 5.20. The van der Waals surface area contributed by atoms with Crippen LogP contribution in [-0.2, 0) is 6.54 Å². The van der Waals surface area contributed by atoms with E-state index in [0.717, 1.165) is 17.9 Å². The quantitative estimate of drug-likeness (QED) is 0.476. The van der Waals surface area contributed by atoms with Crippen molar-refractivity contribution in [3.63, 3.8) is 0 Å². The van der Waals surface area contributed by atoms with E-state index in [0.29, 0.717) is 12.1 Å². The first-order valence-corrected chi connectivity index (χ1v) is 6.21. The van der Waals surface area contributed by atoms with Crippen molar-refractivity contribution < 1.29 is 9.59 Å². The lowest BCUT2D eigenvalue weighted by atomic mass is 10.1. The highest BCUT2D eigenvalue weighted by Crippen LogP contribution is 2.20. The summed E-state index contributed by atoms with van der Waals surface area (Å²) in [6.45, 7) is 1.30. The number of hydrogen-bond donors (Lipinski definition) is 2. The second-order valence-corrected chi connectivity index (χ2v) is 4.76. The van der Waals surface area contributed by atoms with Crippen molar-refractivity contribution in [2.45, 2.75) is 6.54 Å². The lowest BCUT2D eigenvalue weighted by Crippen LogP contribution is -2.30. The van der Waals surface area contributed by atoms with Crippen LogP contribution in [0, 0.1) is 0 Å². The molecule has 2 rings (SSSR count). The van der Waals surface area contributed by atoms with Crippen LogP contribution in [-0.4, -0.2) is 28.3 Å². The summed E-state index contributed by atoms with van der Waals surface area (Å²) in [6.07, 6.45) is 0. The molecule has 0 aromatic heterocycles. The molecule has 6 heteroatoms. The summed E-state index contributed by atoms with van der Waals surface area (Å²) in [4.78, 5) is 24.6. The fourth-order valence-corrected chi connectivity index (χ4v) is 2.51. The molecule has 1 fully saturated rings. The molecule has 1 aromatic rings. The van der Waals surface area contributed by atoms with Crippen LogP contribution in [0.1, 0.15) is 15.9 Å². The highest BCUT2D eigenvalue weighted by Gasteiger charge is 2.21. The number of carbonyl (C=O) groups is 2. The van der Waals surface area contributed by atoms with Crippen LogP contribution in [0.4, 0.5) is 4.79 Å². The number of rotatable bonds is 3. The van der Waals surface area contributed by atoms with Gasteiger partial charge in [-0.2, -0.15) is 0 Å². The SMILES string of the molecule is NNC(=O)c1cccc(CN2CCSC2=O)c1. The molecule has 1 heterocycles. The highest BCUT2D eigenvalue weighted by molar-refractivity contribution is 8.13. The Hall–Kier alpha value is -1.53. The van der Waals surface area contributed by atoms with Gasteiger partial charge in [-0.1, -0.05) is 23.9 Å². The third-order valence-corrected chi connectivity index (χ3v) is 3.43. The number of nitrogens with one attached hydrogen (secondary N) is 1. The Balaban J connectivity index is 2.11. The minimum absolute atomic E-state index is 0.0960. The summed E-state index contributed by atoms with van der Waals surface area (Å²) >= 11 is 1.33. The summed E-state index contributed by atoms with van der Waals surface area (Å²) < 4.78 is 0. The van der Waals surface area contributed by atoms with E-state index >= 15 is 0 Å². The Morgan fingerprint density at radius 2 is 2.35 bits per heavy atom. The van der Waals surface area contributed by atoms with Crippen LogP contribution in [0.2, 0.25) is 0 Å². The molecule has 0 radical (unpaired) electrons. The smallest absolute Gasteiger partial charge is 0.282 e. The normalized spacial score (nSPS) is 15.1. The summed E-state index contributed by atoms with van der Waals surface area (Å²) in [5.74, 6) is 5.58. The molecule has 0 saturated carbocycles. The van der Waals surface area contributed by atoms with Gasteiger partial charge in [-0.3, -0.25) is 15.0 Å². The Bertz CT molecular complexity index is 450. The summed E-state index contributed by atoms with van der Waals surface area (Å²) in [5, 5.41) is 0.0960. The topological polar surface area (TPSA) is 75.4 Å². The Morgan fingerprint density at radius 3 is 3.00 bits per heavy atom.